The summed E-state index contributed by atoms with van der Waals surface area (Å²) in [7, 11) is 0. The summed E-state index contributed by atoms with van der Waals surface area (Å²) in [5, 5.41) is 31.3. The molecule has 6 nitrogen and oxygen atoms in total. The molecule has 0 saturated carbocycles. The van der Waals surface area contributed by atoms with E-state index in [1.165, 1.54) is 12.1 Å². The van der Waals surface area contributed by atoms with Crippen LogP contribution in [0.1, 0.15) is 37.4 Å². The van der Waals surface area contributed by atoms with E-state index in [-0.39, 0.29) is 22.4 Å². The van der Waals surface area contributed by atoms with Crippen LogP contribution >= 0.6 is 0 Å². The van der Waals surface area contributed by atoms with E-state index in [9.17, 15) is 29.3 Å². The lowest BCUT2D eigenvalue weighted by Gasteiger charge is -2.20. The van der Waals surface area contributed by atoms with Gasteiger partial charge in [-0.15, -0.1) is 0 Å². The third kappa shape index (κ3) is 3.07. The molecule has 2 rings (SSSR count). The summed E-state index contributed by atoms with van der Waals surface area (Å²) in [6.07, 6.45) is 0. The number of hydrogen-bond acceptors (Lipinski definition) is 4. The molecule has 7 heteroatoms. The van der Waals surface area contributed by atoms with E-state index in [0.717, 1.165) is 12.1 Å². The molecule has 0 heterocycles. The summed E-state index contributed by atoms with van der Waals surface area (Å²) in [6.45, 7) is 2.55. The predicted molar refractivity (Wildman–Crippen MR) is 85.4 cm³/mol. The van der Waals surface area contributed by atoms with Crippen molar-refractivity contribution in [1.82, 2.24) is 0 Å². The molecular formula is C17H16FNO5. The van der Waals surface area contributed by atoms with Gasteiger partial charge in [-0.2, -0.15) is 0 Å². The van der Waals surface area contributed by atoms with Gasteiger partial charge in [-0.1, -0.05) is 0 Å². The molecule has 2 aromatic rings. The van der Waals surface area contributed by atoms with E-state index >= 15 is 0 Å². The van der Waals surface area contributed by atoms with Gasteiger partial charge in [0.1, 0.15) is 5.82 Å². The smallest absolute Gasteiger partial charge is 0.338 e. The Morgan fingerprint density at radius 3 is 2.00 bits per heavy atom. The Bertz CT molecular complexity index is 815. The largest absolute Gasteiger partial charge is 0.478 e. The molecule has 0 unspecified atom stereocenters. The highest BCUT2D eigenvalue weighted by molar-refractivity contribution is 6.06. The normalized spacial score (nSPS) is 10.5. The molecule has 126 valence electrons. The maximum Gasteiger partial charge on any atom is 0.338 e. The van der Waals surface area contributed by atoms with Gasteiger partial charge in [-0.3, -0.25) is 0 Å². The molecular weight excluding hydrogens is 317 g/mol. The minimum Gasteiger partial charge on any atom is -0.478 e. The van der Waals surface area contributed by atoms with E-state index in [1.54, 1.807) is 13.8 Å². The maximum atomic E-state index is 13.0. The van der Waals surface area contributed by atoms with Crippen molar-refractivity contribution in [3.05, 3.63) is 57.9 Å². The van der Waals surface area contributed by atoms with Gasteiger partial charge in [-0.25, -0.2) is 14.0 Å². The Morgan fingerprint density at radius 2 is 1.54 bits per heavy atom. The third-order valence-electron chi connectivity index (χ3n) is 3.89. The topological polar surface area (TPSA) is 107 Å². The van der Waals surface area contributed by atoms with Crippen LogP contribution in [0.2, 0.25) is 0 Å². The minimum absolute atomic E-state index is 0.134. The van der Waals surface area contributed by atoms with Crippen molar-refractivity contribution in [2.75, 3.05) is 5.32 Å². The number of aliphatic hydroxyl groups excluding tert-OH is 1. The van der Waals surface area contributed by atoms with Crippen LogP contribution in [0.5, 0.6) is 0 Å². The van der Waals surface area contributed by atoms with Gasteiger partial charge in [0.15, 0.2) is 0 Å². The van der Waals surface area contributed by atoms with Gasteiger partial charge in [-0.05, 0) is 54.8 Å². The number of carbonyl (C=O) groups is 2. The highest BCUT2D eigenvalue weighted by Crippen LogP contribution is 2.34. The Kier molecular flexibility index (Phi) is 4.85. The van der Waals surface area contributed by atoms with Crippen molar-refractivity contribution in [2.45, 2.75) is 20.5 Å². The molecule has 0 aliphatic rings. The van der Waals surface area contributed by atoms with Crippen LogP contribution in [-0.4, -0.2) is 27.3 Å². The van der Waals surface area contributed by atoms with Crippen LogP contribution in [-0.2, 0) is 6.61 Å². The molecule has 0 fully saturated rings. The van der Waals surface area contributed by atoms with Crippen molar-refractivity contribution in [2.24, 2.45) is 0 Å². The zero-order valence-corrected chi connectivity index (χ0v) is 13.1. The Morgan fingerprint density at radius 1 is 1.00 bits per heavy atom. The van der Waals surface area contributed by atoms with Crippen molar-refractivity contribution in [3.63, 3.8) is 0 Å². The number of carboxylic acid groups (broad SMARTS) is 2. The second-order valence-corrected chi connectivity index (χ2v) is 5.25. The zero-order valence-electron chi connectivity index (χ0n) is 13.1. The van der Waals surface area contributed by atoms with Crippen molar-refractivity contribution >= 4 is 23.3 Å². The first-order valence-electron chi connectivity index (χ1n) is 7.04. The lowest BCUT2D eigenvalue weighted by molar-refractivity contribution is 0.0693. The van der Waals surface area contributed by atoms with E-state index in [1.807, 2.05) is 0 Å². The van der Waals surface area contributed by atoms with E-state index in [0.29, 0.717) is 16.8 Å². The maximum absolute atomic E-state index is 13.0. The SMILES string of the molecule is Cc1c(C)c(C(=O)O)c(Nc2ccc(F)cc2)c(C(=O)O)c1CO. The number of anilines is 2. The molecule has 2 aromatic carbocycles. The first-order chi connectivity index (χ1) is 11.3. The zero-order chi connectivity index (χ0) is 18.0. The minimum atomic E-state index is -1.37. The molecule has 24 heavy (non-hydrogen) atoms. The molecule has 0 aromatic heterocycles. The molecule has 0 amide bonds. The Labute approximate surface area is 137 Å². The van der Waals surface area contributed by atoms with E-state index < -0.39 is 24.4 Å². The fourth-order valence-electron chi connectivity index (χ4n) is 2.57. The molecule has 0 radical (unpaired) electrons. The van der Waals surface area contributed by atoms with E-state index in [4.69, 9.17) is 0 Å². The van der Waals surface area contributed by atoms with Crippen molar-refractivity contribution in [1.29, 1.82) is 0 Å². The molecule has 0 aliphatic carbocycles. The fraction of sp³-hybridized carbons (Fsp3) is 0.176. The molecule has 0 atom stereocenters. The monoisotopic (exact) mass is 333 g/mol. The van der Waals surface area contributed by atoms with Crippen LogP contribution in [0.3, 0.4) is 0 Å². The van der Waals surface area contributed by atoms with Crippen LogP contribution in [0.25, 0.3) is 0 Å². The fourth-order valence-corrected chi connectivity index (χ4v) is 2.57. The van der Waals surface area contributed by atoms with E-state index in [2.05, 4.69) is 5.32 Å². The average molecular weight is 333 g/mol. The first-order valence-corrected chi connectivity index (χ1v) is 7.04. The quantitative estimate of drug-likeness (QED) is 0.670. The number of benzene rings is 2. The lowest BCUT2D eigenvalue weighted by Crippen LogP contribution is -2.16. The van der Waals surface area contributed by atoms with Crippen molar-refractivity contribution in [3.8, 4) is 0 Å². The van der Waals surface area contributed by atoms with Gasteiger partial charge in [0.25, 0.3) is 0 Å². The van der Waals surface area contributed by atoms with Gasteiger partial charge < -0.3 is 20.6 Å². The molecule has 0 bridgehead atoms. The lowest BCUT2D eigenvalue weighted by atomic mass is 9.90. The first kappa shape index (κ1) is 17.4. The van der Waals surface area contributed by atoms with Gasteiger partial charge in [0.2, 0.25) is 0 Å². The van der Waals surface area contributed by atoms with Gasteiger partial charge in [0, 0.05) is 5.69 Å². The number of carboxylic acids is 2. The summed E-state index contributed by atoms with van der Waals surface area (Å²) in [6, 6.07) is 5.05. The summed E-state index contributed by atoms with van der Waals surface area (Å²) in [5.41, 5.74) is 0.545. The molecule has 4 N–H and O–H groups in total. The molecule has 0 saturated heterocycles. The number of hydrogen-bond donors (Lipinski definition) is 4. The number of aromatic carboxylic acids is 2. The summed E-state index contributed by atoms with van der Waals surface area (Å²) >= 11 is 0. The highest BCUT2D eigenvalue weighted by atomic mass is 19.1. The van der Waals surface area contributed by atoms with Crippen LogP contribution in [0.4, 0.5) is 15.8 Å². The Balaban J connectivity index is 2.79. The standard InChI is InChI=1S/C17H16FNO5/c1-8-9(2)13(16(21)22)15(14(17(23)24)12(8)7-20)19-11-5-3-10(18)4-6-11/h3-6,19-20H,7H2,1-2H3,(H,21,22)(H,23,24). The third-order valence-corrected chi connectivity index (χ3v) is 3.89. The number of halogens is 1. The number of nitrogens with one attached hydrogen (secondary N) is 1. The number of aliphatic hydroxyl groups is 1. The highest BCUT2D eigenvalue weighted by Gasteiger charge is 2.27. The second-order valence-electron chi connectivity index (χ2n) is 5.25. The van der Waals surface area contributed by atoms with Crippen molar-refractivity contribution < 1.29 is 29.3 Å². The number of rotatable bonds is 5. The molecule has 0 aliphatic heterocycles. The van der Waals surface area contributed by atoms with Gasteiger partial charge >= 0.3 is 11.9 Å². The van der Waals surface area contributed by atoms with Crippen LogP contribution in [0, 0.1) is 19.7 Å². The average Bonchev–Trinajstić information content (AvgIpc) is 2.51. The summed E-state index contributed by atoms with van der Waals surface area (Å²) in [4.78, 5) is 23.3. The predicted octanol–water partition coefficient (Wildman–Crippen LogP) is 3.07. The summed E-state index contributed by atoms with van der Waals surface area (Å²) in [5.74, 6) is -3.14. The second kappa shape index (κ2) is 6.67. The Hall–Kier alpha value is -2.93. The van der Waals surface area contributed by atoms with Gasteiger partial charge in [0.05, 0.1) is 23.4 Å². The van der Waals surface area contributed by atoms with Crippen LogP contribution < -0.4 is 5.32 Å². The van der Waals surface area contributed by atoms with Crippen LogP contribution in [0.15, 0.2) is 24.3 Å². The molecule has 0 spiro atoms. The summed E-state index contributed by atoms with van der Waals surface area (Å²) < 4.78 is 13.0.